The molecule has 5 nitrogen and oxygen atoms in total. The lowest BCUT2D eigenvalue weighted by atomic mass is 9.88. The fraction of sp³-hybridized carbons (Fsp3) is 0.429. The number of hydrogen-bond acceptors (Lipinski definition) is 5. The van der Waals surface area contributed by atoms with Gasteiger partial charge in [-0.15, -0.1) is 11.3 Å². The Morgan fingerprint density at radius 2 is 2.04 bits per heavy atom. The van der Waals surface area contributed by atoms with E-state index in [9.17, 15) is 9.59 Å². The maximum Gasteiger partial charge on any atom is 0.341 e. The number of fused-ring (bicyclic) bond motifs is 1. The van der Waals surface area contributed by atoms with Crippen molar-refractivity contribution < 1.29 is 19.1 Å². The molecule has 3 rings (SSSR count). The highest BCUT2D eigenvalue weighted by Gasteiger charge is 2.28. The number of anilines is 1. The lowest BCUT2D eigenvalue weighted by Crippen LogP contribution is -2.16. The maximum absolute atomic E-state index is 12.4. The highest BCUT2D eigenvalue weighted by Crippen LogP contribution is 2.40. The van der Waals surface area contributed by atoms with Crippen molar-refractivity contribution in [2.24, 2.45) is 5.92 Å². The number of rotatable bonds is 7. The molecule has 0 saturated heterocycles. The lowest BCUT2D eigenvalue weighted by Gasteiger charge is -2.18. The van der Waals surface area contributed by atoms with Crippen molar-refractivity contribution in [1.29, 1.82) is 0 Å². The number of nitrogens with one attached hydrogen (secondary N) is 1. The average Bonchev–Trinajstić information content (AvgIpc) is 3.02. The van der Waals surface area contributed by atoms with Crippen molar-refractivity contribution in [2.75, 3.05) is 19.0 Å². The van der Waals surface area contributed by atoms with Crippen molar-refractivity contribution in [2.45, 2.75) is 39.0 Å². The van der Waals surface area contributed by atoms with E-state index in [-0.39, 0.29) is 11.9 Å². The first-order valence-electron chi connectivity index (χ1n) is 9.39. The normalized spacial score (nSPS) is 15.6. The first-order valence-corrected chi connectivity index (χ1v) is 10.6. The van der Waals surface area contributed by atoms with Gasteiger partial charge in [-0.25, -0.2) is 4.79 Å². The molecule has 1 aromatic carbocycles. The van der Waals surface area contributed by atoms with E-state index in [4.69, 9.17) is 21.1 Å². The minimum absolute atomic E-state index is 0.128. The maximum atomic E-state index is 12.4. The van der Waals surface area contributed by atoms with E-state index in [0.29, 0.717) is 41.0 Å². The second-order valence-electron chi connectivity index (χ2n) is 7.00. The van der Waals surface area contributed by atoms with Gasteiger partial charge in [0.2, 0.25) is 5.91 Å². The molecule has 28 heavy (non-hydrogen) atoms. The van der Waals surface area contributed by atoms with Crippen LogP contribution in [-0.2, 0) is 22.4 Å². The fourth-order valence-corrected chi connectivity index (χ4v) is 4.84. The molecule has 0 aliphatic heterocycles. The zero-order valence-electron chi connectivity index (χ0n) is 16.0. The van der Waals surface area contributed by atoms with Crippen molar-refractivity contribution in [3.63, 3.8) is 0 Å². The Morgan fingerprint density at radius 1 is 1.29 bits per heavy atom. The van der Waals surface area contributed by atoms with Gasteiger partial charge in [-0.3, -0.25) is 4.79 Å². The zero-order valence-corrected chi connectivity index (χ0v) is 17.6. The number of carbonyl (C=O) groups excluding carboxylic acids is 2. The van der Waals surface area contributed by atoms with Gasteiger partial charge < -0.3 is 14.8 Å². The molecule has 1 heterocycles. The van der Waals surface area contributed by atoms with Gasteiger partial charge >= 0.3 is 5.97 Å². The quantitative estimate of drug-likeness (QED) is 0.498. The fourth-order valence-electron chi connectivity index (χ4n) is 3.30. The summed E-state index contributed by atoms with van der Waals surface area (Å²) in [5.41, 5.74) is 1.57. The molecule has 1 aliphatic rings. The van der Waals surface area contributed by atoms with Crippen LogP contribution in [0.1, 0.15) is 47.0 Å². The van der Waals surface area contributed by atoms with Gasteiger partial charge in [0.15, 0.2) is 0 Å². The topological polar surface area (TPSA) is 64.6 Å². The van der Waals surface area contributed by atoms with Gasteiger partial charge in [-0.2, -0.15) is 0 Å². The molecule has 0 radical (unpaired) electrons. The Morgan fingerprint density at radius 3 is 2.75 bits per heavy atom. The van der Waals surface area contributed by atoms with Crippen LogP contribution in [0.2, 0.25) is 5.02 Å². The van der Waals surface area contributed by atoms with Gasteiger partial charge in [-0.05, 0) is 61.4 Å². The van der Waals surface area contributed by atoms with E-state index in [1.165, 1.54) is 23.3 Å². The summed E-state index contributed by atoms with van der Waals surface area (Å²) < 4.78 is 10.6. The molecule has 1 aromatic heterocycles. The van der Waals surface area contributed by atoms with Crippen molar-refractivity contribution >= 4 is 39.8 Å². The van der Waals surface area contributed by atoms with E-state index in [0.717, 1.165) is 30.6 Å². The van der Waals surface area contributed by atoms with Gasteiger partial charge in [0, 0.05) is 16.3 Å². The van der Waals surface area contributed by atoms with Crippen molar-refractivity contribution in [3.8, 4) is 5.75 Å². The summed E-state index contributed by atoms with van der Waals surface area (Å²) in [7, 11) is 1.37. The van der Waals surface area contributed by atoms with Crippen molar-refractivity contribution in [3.05, 3.63) is 45.3 Å². The summed E-state index contributed by atoms with van der Waals surface area (Å²) >= 11 is 7.34. The van der Waals surface area contributed by atoms with Crippen LogP contribution in [0.15, 0.2) is 24.3 Å². The number of ether oxygens (including phenoxy) is 2. The molecule has 1 amide bonds. The zero-order chi connectivity index (χ0) is 20.1. The van der Waals surface area contributed by atoms with Crippen LogP contribution in [0.5, 0.6) is 5.75 Å². The molecule has 1 unspecified atom stereocenters. The second kappa shape index (κ2) is 9.43. The summed E-state index contributed by atoms with van der Waals surface area (Å²) in [6.45, 7) is 2.64. The number of carbonyl (C=O) groups is 2. The Labute approximate surface area is 174 Å². The van der Waals surface area contributed by atoms with Crippen LogP contribution in [0.25, 0.3) is 0 Å². The van der Waals surface area contributed by atoms with E-state index in [2.05, 4.69) is 12.2 Å². The molecule has 0 spiro atoms. The van der Waals surface area contributed by atoms with E-state index in [1.54, 1.807) is 24.3 Å². The molecule has 2 aromatic rings. The molecular weight excluding hydrogens is 398 g/mol. The third-order valence-electron chi connectivity index (χ3n) is 4.78. The highest BCUT2D eigenvalue weighted by molar-refractivity contribution is 7.17. The Hall–Kier alpha value is -2.05. The summed E-state index contributed by atoms with van der Waals surface area (Å²) in [6.07, 6.45) is 3.72. The van der Waals surface area contributed by atoms with Gasteiger partial charge in [0.25, 0.3) is 0 Å². The summed E-state index contributed by atoms with van der Waals surface area (Å²) in [5.74, 6) is 0.799. The lowest BCUT2D eigenvalue weighted by molar-refractivity contribution is -0.116. The number of methoxy groups -OCH3 is 1. The number of amides is 1. The first kappa shape index (κ1) is 20.7. The van der Waals surface area contributed by atoms with Crippen molar-refractivity contribution in [1.82, 2.24) is 0 Å². The molecule has 1 aliphatic carbocycles. The number of halogens is 1. The van der Waals surface area contributed by atoms with Crippen LogP contribution in [0.3, 0.4) is 0 Å². The predicted molar refractivity (Wildman–Crippen MR) is 112 cm³/mol. The second-order valence-corrected chi connectivity index (χ2v) is 8.54. The van der Waals surface area contributed by atoms with E-state index < -0.39 is 0 Å². The van der Waals surface area contributed by atoms with Crippen LogP contribution in [-0.4, -0.2) is 25.6 Å². The number of thiophene rings is 1. The molecule has 0 bridgehead atoms. The summed E-state index contributed by atoms with van der Waals surface area (Å²) in [5, 5.41) is 4.17. The van der Waals surface area contributed by atoms with Gasteiger partial charge in [0.05, 0.1) is 19.3 Å². The molecule has 7 heteroatoms. The van der Waals surface area contributed by atoms with Crippen LogP contribution >= 0.6 is 22.9 Å². The third kappa shape index (κ3) is 5.06. The van der Waals surface area contributed by atoms with Crippen LogP contribution in [0.4, 0.5) is 5.00 Å². The molecular formula is C21H24ClNO4S. The average molecular weight is 422 g/mol. The monoisotopic (exact) mass is 421 g/mol. The number of esters is 1. The Balaban J connectivity index is 1.57. The summed E-state index contributed by atoms with van der Waals surface area (Å²) in [4.78, 5) is 25.8. The summed E-state index contributed by atoms with van der Waals surface area (Å²) in [6, 6.07) is 7.11. The smallest absolute Gasteiger partial charge is 0.341 e. The number of hydrogen-bond donors (Lipinski definition) is 1. The molecule has 0 saturated carbocycles. The third-order valence-corrected chi connectivity index (χ3v) is 6.21. The Bertz CT molecular complexity index is 847. The SMILES string of the molecule is COC(=O)c1c(NC(=O)CCCOc2ccc(Cl)cc2)sc2c1CCC(C)C2. The number of benzene rings is 1. The first-order chi connectivity index (χ1) is 13.5. The van der Waals surface area contributed by atoms with E-state index >= 15 is 0 Å². The molecule has 1 atom stereocenters. The highest BCUT2D eigenvalue weighted by atomic mass is 35.5. The minimum Gasteiger partial charge on any atom is -0.494 e. The molecule has 1 N–H and O–H groups in total. The van der Waals surface area contributed by atoms with Crippen LogP contribution < -0.4 is 10.1 Å². The predicted octanol–water partition coefficient (Wildman–Crippen LogP) is 5.11. The Kier molecular flexibility index (Phi) is 6.97. The molecule has 0 fully saturated rings. The van der Waals surface area contributed by atoms with E-state index in [1.807, 2.05) is 0 Å². The standard InChI is InChI=1S/C21H24ClNO4S/c1-13-5-10-16-17(12-13)28-20(19(16)21(25)26-2)23-18(24)4-3-11-27-15-8-6-14(22)7-9-15/h6-9,13H,3-5,10-12H2,1-2H3,(H,23,24). The van der Waals surface area contributed by atoms with Gasteiger partial charge in [-0.1, -0.05) is 18.5 Å². The minimum atomic E-state index is -0.381. The molecule has 150 valence electrons. The largest absolute Gasteiger partial charge is 0.494 e. The van der Waals surface area contributed by atoms with Gasteiger partial charge in [0.1, 0.15) is 10.8 Å². The van der Waals surface area contributed by atoms with Crippen LogP contribution in [0, 0.1) is 5.92 Å².